The van der Waals surface area contributed by atoms with Gasteiger partial charge in [-0.3, -0.25) is 9.36 Å². The third kappa shape index (κ3) is 4.03. The van der Waals surface area contributed by atoms with Gasteiger partial charge in [0.1, 0.15) is 12.7 Å². The third-order valence-electron chi connectivity index (χ3n) is 3.55. The molecule has 3 rings (SSSR count). The van der Waals surface area contributed by atoms with E-state index in [9.17, 15) is 18.0 Å². The molecule has 1 amide bonds. The molecule has 8 heteroatoms. The summed E-state index contributed by atoms with van der Waals surface area (Å²) in [6, 6.07) is 11.6. The van der Waals surface area contributed by atoms with Crippen molar-refractivity contribution in [3.8, 4) is 5.69 Å². The van der Waals surface area contributed by atoms with Crippen LogP contribution in [0.25, 0.3) is 5.69 Å². The lowest BCUT2D eigenvalue weighted by Gasteiger charge is -2.10. The zero-order valence-corrected chi connectivity index (χ0v) is 12.9. The topological polar surface area (TPSA) is 59.8 Å². The van der Waals surface area contributed by atoms with Crippen molar-refractivity contribution in [2.75, 3.05) is 0 Å². The van der Waals surface area contributed by atoms with E-state index in [4.69, 9.17) is 0 Å². The van der Waals surface area contributed by atoms with E-state index in [0.29, 0.717) is 11.1 Å². The standard InChI is InChI=1S/C17H13F3N4O/c18-17(19,20)14-3-1-2-12(8-14)9-21-16(25)13-4-6-15(7-5-13)24-10-22-23-11-24/h1-8,10-11H,9H2,(H,21,25). The minimum Gasteiger partial charge on any atom is -0.348 e. The Balaban J connectivity index is 1.65. The first kappa shape index (κ1) is 16.7. The summed E-state index contributed by atoms with van der Waals surface area (Å²) in [5.74, 6) is -0.368. The van der Waals surface area contributed by atoms with Crippen LogP contribution in [-0.2, 0) is 12.7 Å². The molecule has 3 aromatic rings. The van der Waals surface area contributed by atoms with E-state index >= 15 is 0 Å². The summed E-state index contributed by atoms with van der Waals surface area (Å²) in [7, 11) is 0. The van der Waals surface area contributed by atoms with Gasteiger partial charge in [-0.1, -0.05) is 12.1 Å². The SMILES string of the molecule is O=C(NCc1cccc(C(F)(F)F)c1)c1ccc(-n2cnnc2)cc1. The number of hydrogen-bond donors (Lipinski definition) is 1. The zero-order valence-electron chi connectivity index (χ0n) is 12.9. The molecule has 0 fully saturated rings. The molecule has 25 heavy (non-hydrogen) atoms. The fourth-order valence-electron chi connectivity index (χ4n) is 2.26. The number of amides is 1. The van der Waals surface area contributed by atoms with Crippen LogP contribution in [0.3, 0.4) is 0 Å². The Hall–Kier alpha value is -3.16. The van der Waals surface area contributed by atoms with E-state index in [0.717, 1.165) is 17.8 Å². The summed E-state index contributed by atoms with van der Waals surface area (Å²) < 4.78 is 39.7. The first-order valence-corrected chi connectivity index (χ1v) is 7.33. The van der Waals surface area contributed by atoms with Gasteiger partial charge < -0.3 is 5.32 Å². The summed E-state index contributed by atoms with van der Waals surface area (Å²) >= 11 is 0. The second kappa shape index (κ2) is 6.76. The molecule has 0 radical (unpaired) electrons. The van der Waals surface area contributed by atoms with Crippen LogP contribution in [0, 0.1) is 0 Å². The van der Waals surface area contributed by atoms with Crippen LogP contribution in [0.4, 0.5) is 13.2 Å². The zero-order chi connectivity index (χ0) is 17.9. The van der Waals surface area contributed by atoms with E-state index in [1.54, 1.807) is 28.8 Å². The van der Waals surface area contributed by atoms with Crippen LogP contribution >= 0.6 is 0 Å². The average molecular weight is 346 g/mol. The van der Waals surface area contributed by atoms with Gasteiger partial charge in [0.15, 0.2) is 0 Å². The maximum absolute atomic E-state index is 12.7. The molecule has 5 nitrogen and oxygen atoms in total. The van der Waals surface area contributed by atoms with Gasteiger partial charge in [0.2, 0.25) is 0 Å². The van der Waals surface area contributed by atoms with E-state index in [1.807, 2.05) is 0 Å². The van der Waals surface area contributed by atoms with Crippen molar-refractivity contribution in [1.82, 2.24) is 20.1 Å². The molecule has 0 saturated heterocycles. The van der Waals surface area contributed by atoms with Gasteiger partial charge in [0, 0.05) is 17.8 Å². The minimum absolute atomic E-state index is 0.00987. The number of carbonyl (C=O) groups is 1. The maximum Gasteiger partial charge on any atom is 0.416 e. The lowest BCUT2D eigenvalue weighted by Crippen LogP contribution is -2.23. The molecule has 2 aromatic carbocycles. The van der Waals surface area contributed by atoms with Gasteiger partial charge in [0.25, 0.3) is 5.91 Å². The maximum atomic E-state index is 12.7. The Bertz CT molecular complexity index is 858. The number of carbonyl (C=O) groups excluding carboxylic acids is 1. The number of halogens is 3. The predicted molar refractivity (Wildman–Crippen MR) is 84.0 cm³/mol. The van der Waals surface area contributed by atoms with Crippen molar-refractivity contribution < 1.29 is 18.0 Å². The summed E-state index contributed by atoms with van der Waals surface area (Å²) in [4.78, 5) is 12.1. The first-order valence-electron chi connectivity index (χ1n) is 7.33. The lowest BCUT2D eigenvalue weighted by atomic mass is 10.1. The Labute approximate surface area is 141 Å². The lowest BCUT2D eigenvalue weighted by molar-refractivity contribution is -0.137. The smallest absolute Gasteiger partial charge is 0.348 e. The quantitative estimate of drug-likeness (QED) is 0.789. The molecular weight excluding hydrogens is 333 g/mol. The Morgan fingerprint density at radius 2 is 1.72 bits per heavy atom. The Kier molecular flexibility index (Phi) is 4.51. The average Bonchev–Trinajstić information content (AvgIpc) is 3.14. The van der Waals surface area contributed by atoms with Gasteiger partial charge >= 0.3 is 6.18 Å². The molecule has 0 unspecified atom stereocenters. The van der Waals surface area contributed by atoms with Crippen molar-refractivity contribution >= 4 is 5.91 Å². The summed E-state index contributed by atoms with van der Waals surface area (Å²) in [5, 5.41) is 10.0. The van der Waals surface area contributed by atoms with Crippen molar-refractivity contribution in [2.45, 2.75) is 12.7 Å². The number of alkyl halides is 3. The fourth-order valence-corrected chi connectivity index (χ4v) is 2.26. The van der Waals surface area contributed by atoms with Gasteiger partial charge in [0.05, 0.1) is 5.56 Å². The van der Waals surface area contributed by atoms with Crippen LogP contribution < -0.4 is 5.32 Å². The molecule has 1 heterocycles. The highest BCUT2D eigenvalue weighted by Gasteiger charge is 2.30. The number of nitrogens with one attached hydrogen (secondary N) is 1. The highest BCUT2D eigenvalue weighted by Crippen LogP contribution is 2.29. The molecule has 0 spiro atoms. The molecule has 0 saturated carbocycles. The van der Waals surface area contributed by atoms with Crippen molar-refractivity contribution in [3.63, 3.8) is 0 Å². The van der Waals surface area contributed by atoms with Crippen LogP contribution in [0.15, 0.2) is 61.2 Å². The van der Waals surface area contributed by atoms with E-state index in [-0.39, 0.29) is 12.5 Å². The molecule has 0 aliphatic rings. The molecule has 1 N–H and O–H groups in total. The number of aromatic nitrogens is 3. The minimum atomic E-state index is -4.40. The largest absolute Gasteiger partial charge is 0.416 e. The second-order valence-corrected chi connectivity index (χ2v) is 5.30. The third-order valence-corrected chi connectivity index (χ3v) is 3.55. The molecule has 128 valence electrons. The molecule has 0 aliphatic carbocycles. The molecular formula is C17H13F3N4O. The number of benzene rings is 2. The summed E-state index contributed by atoms with van der Waals surface area (Å²) in [5.41, 5.74) is 0.838. The first-order chi connectivity index (χ1) is 11.9. The van der Waals surface area contributed by atoms with E-state index in [1.165, 1.54) is 24.8 Å². The monoisotopic (exact) mass is 346 g/mol. The Morgan fingerprint density at radius 1 is 1.04 bits per heavy atom. The van der Waals surface area contributed by atoms with E-state index in [2.05, 4.69) is 15.5 Å². The van der Waals surface area contributed by atoms with Gasteiger partial charge in [-0.15, -0.1) is 10.2 Å². The van der Waals surface area contributed by atoms with Crippen molar-refractivity contribution in [2.24, 2.45) is 0 Å². The van der Waals surface area contributed by atoms with Gasteiger partial charge in [-0.25, -0.2) is 0 Å². The molecule has 0 aliphatic heterocycles. The summed E-state index contributed by atoms with van der Waals surface area (Å²) in [6.07, 6.45) is -1.34. The van der Waals surface area contributed by atoms with Crippen LogP contribution in [-0.4, -0.2) is 20.7 Å². The Morgan fingerprint density at radius 3 is 2.36 bits per heavy atom. The van der Waals surface area contributed by atoms with Crippen molar-refractivity contribution in [3.05, 3.63) is 77.9 Å². The van der Waals surface area contributed by atoms with Crippen LogP contribution in [0.5, 0.6) is 0 Å². The highest BCUT2D eigenvalue weighted by atomic mass is 19.4. The van der Waals surface area contributed by atoms with Gasteiger partial charge in [-0.05, 0) is 42.0 Å². The van der Waals surface area contributed by atoms with Crippen LogP contribution in [0.1, 0.15) is 21.5 Å². The highest BCUT2D eigenvalue weighted by molar-refractivity contribution is 5.94. The normalized spacial score (nSPS) is 11.3. The second-order valence-electron chi connectivity index (χ2n) is 5.30. The predicted octanol–water partition coefficient (Wildman–Crippen LogP) is 3.22. The summed E-state index contributed by atoms with van der Waals surface area (Å²) in [6.45, 7) is 0.00987. The fraction of sp³-hybridized carbons (Fsp3) is 0.118. The molecule has 0 bridgehead atoms. The number of rotatable bonds is 4. The van der Waals surface area contributed by atoms with Crippen molar-refractivity contribution in [1.29, 1.82) is 0 Å². The number of hydrogen-bond acceptors (Lipinski definition) is 3. The van der Waals surface area contributed by atoms with Gasteiger partial charge in [-0.2, -0.15) is 13.2 Å². The molecule has 0 atom stereocenters. The molecule has 1 aromatic heterocycles. The number of nitrogens with zero attached hydrogens (tertiary/aromatic N) is 3. The van der Waals surface area contributed by atoms with Crippen LogP contribution in [0.2, 0.25) is 0 Å². The van der Waals surface area contributed by atoms with E-state index < -0.39 is 11.7 Å².